The van der Waals surface area contributed by atoms with Gasteiger partial charge in [0.15, 0.2) is 0 Å². The number of nitrogens with zero attached hydrogens (tertiary/aromatic N) is 1. The minimum absolute atomic E-state index is 0.109. The number of rotatable bonds is 4. The topological polar surface area (TPSA) is 49.8 Å². The predicted octanol–water partition coefficient (Wildman–Crippen LogP) is 1.57. The van der Waals surface area contributed by atoms with E-state index in [1.807, 2.05) is 43.3 Å². The fourth-order valence-corrected chi connectivity index (χ4v) is 2.04. The van der Waals surface area contributed by atoms with Gasteiger partial charge in [-0.2, -0.15) is 0 Å². The number of hydrogen-bond donors (Lipinski definition) is 1. The molecule has 4 heteroatoms. The monoisotopic (exact) mass is 235 g/mol. The van der Waals surface area contributed by atoms with Crippen molar-refractivity contribution in [1.29, 1.82) is 0 Å². The summed E-state index contributed by atoms with van der Waals surface area (Å²) in [5.41, 5.74) is 1.93. The Labute approximate surface area is 101 Å². The van der Waals surface area contributed by atoms with E-state index in [0.29, 0.717) is 13.2 Å². The van der Waals surface area contributed by atoms with E-state index >= 15 is 0 Å². The van der Waals surface area contributed by atoms with Crippen LogP contribution in [-0.2, 0) is 9.53 Å². The third-order valence-electron chi connectivity index (χ3n) is 3.17. The first kappa shape index (κ1) is 11.9. The highest BCUT2D eigenvalue weighted by atomic mass is 16.5. The molecule has 0 saturated carbocycles. The van der Waals surface area contributed by atoms with Gasteiger partial charge in [0.25, 0.3) is 0 Å². The number of anilines is 1. The van der Waals surface area contributed by atoms with Gasteiger partial charge in [-0.1, -0.05) is 12.1 Å². The summed E-state index contributed by atoms with van der Waals surface area (Å²) in [5.74, 6) is -1.10. The molecule has 1 saturated heterocycles. The average molecular weight is 235 g/mol. The standard InChI is InChI=1S/C13H17NO3/c1-14(2)11-5-3-9(4-6-11)12(13(15)16)10-7-17-8-10/h3-6,10,12H,7-8H2,1-2H3,(H,15,16). The summed E-state index contributed by atoms with van der Waals surface area (Å²) in [5, 5.41) is 9.27. The molecule has 0 radical (unpaired) electrons. The van der Waals surface area contributed by atoms with Gasteiger partial charge < -0.3 is 14.7 Å². The smallest absolute Gasteiger partial charge is 0.311 e. The summed E-state index contributed by atoms with van der Waals surface area (Å²) < 4.78 is 5.08. The quantitative estimate of drug-likeness (QED) is 0.860. The maximum absolute atomic E-state index is 11.3. The highest BCUT2D eigenvalue weighted by Gasteiger charge is 2.34. The summed E-state index contributed by atoms with van der Waals surface area (Å²) in [6, 6.07) is 7.69. The molecule has 2 rings (SSSR count). The Morgan fingerprint density at radius 3 is 2.29 bits per heavy atom. The van der Waals surface area contributed by atoms with Crippen molar-refractivity contribution in [2.24, 2.45) is 5.92 Å². The molecule has 0 aromatic heterocycles. The van der Waals surface area contributed by atoms with Crippen molar-refractivity contribution in [3.05, 3.63) is 29.8 Å². The van der Waals surface area contributed by atoms with E-state index in [1.165, 1.54) is 0 Å². The van der Waals surface area contributed by atoms with E-state index < -0.39 is 11.9 Å². The normalized spacial score (nSPS) is 17.3. The molecule has 1 unspecified atom stereocenters. The van der Waals surface area contributed by atoms with Gasteiger partial charge in [0.05, 0.1) is 19.1 Å². The lowest BCUT2D eigenvalue weighted by atomic mass is 9.85. The van der Waals surface area contributed by atoms with E-state index in [9.17, 15) is 9.90 Å². The zero-order valence-electron chi connectivity index (χ0n) is 10.1. The van der Waals surface area contributed by atoms with Crippen LogP contribution < -0.4 is 4.90 Å². The van der Waals surface area contributed by atoms with Gasteiger partial charge in [-0.15, -0.1) is 0 Å². The zero-order valence-corrected chi connectivity index (χ0v) is 10.1. The number of carboxylic acids is 1. The number of carboxylic acid groups (broad SMARTS) is 1. The molecule has 0 spiro atoms. The summed E-state index contributed by atoms with van der Waals surface area (Å²) in [6.07, 6.45) is 0. The molecular weight excluding hydrogens is 218 g/mol. The Morgan fingerprint density at radius 1 is 1.35 bits per heavy atom. The first-order valence-corrected chi connectivity index (χ1v) is 5.67. The largest absolute Gasteiger partial charge is 0.481 e. The highest BCUT2D eigenvalue weighted by Crippen LogP contribution is 2.31. The lowest BCUT2D eigenvalue weighted by Crippen LogP contribution is -2.36. The molecule has 0 aliphatic carbocycles. The molecular formula is C13H17NO3. The summed E-state index contributed by atoms with van der Waals surface area (Å²) in [7, 11) is 3.92. The molecule has 92 valence electrons. The summed E-state index contributed by atoms with van der Waals surface area (Å²) >= 11 is 0. The van der Waals surface area contributed by atoms with Gasteiger partial charge in [-0.25, -0.2) is 0 Å². The van der Waals surface area contributed by atoms with Crippen LogP contribution in [0.15, 0.2) is 24.3 Å². The van der Waals surface area contributed by atoms with E-state index in [-0.39, 0.29) is 5.92 Å². The fourth-order valence-electron chi connectivity index (χ4n) is 2.04. The van der Waals surface area contributed by atoms with Crippen molar-refractivity contribution in [2.45, 2.75) is 5.92 Å². The molecule has 1 aliphatic rings. The minimum Gasteiger partial charge on any atom is -0.481 e. The van der Waals surface area contributed by atoms with Crippen LogP contribution in [0, 0.1) is 5.92 Å². The molecule has 1 N–H and O–H groups in total. The van der Waals surface area contributed by atoms with Gasteiger partial charge in [-0.05, 0) is 17.7 Å². The van der Waals surface area contributed by atoms with Crippen molar-refractivity contribution >= 4 is 11.7 Å². The summed E-state index contributed by atoms with van der Waals surface area (Å²) in [4.78, 5) is 13.3. The first-order chi connectivity index (χ1) is 8.09. The van der Waals surface area contributed by atoms with Crippen LogP contribution in [0.25, 0.3) is 0 Å². The van der Waals surface area contributed by atoms with Crippen LogP contribution in [0.1, 0.15) is 11.5 Å². The first-order valence-electron chi connectivity index (χ1n) is 5.67. The molecule has 1 aromatic carbocycles. The van der Waals surface area contributed by atoms with E-state index in [1.54, 1.807) is 0 Å². The Balaban J connectivity index is 2.21. The van der Waals surface area contributed by atoms with Gasteiger partial charge in [0.2, 0.25) is 0 Å². The third-order valence-corrected chi connectivity index (χ3v) is 3.17. The average Bonchev–Trinajstić information content (AvgIpc) is 2.23. The Hall–Kier alpha value is -1.55. The number of aliphatic carboxylic acids is 1. The van der Waals surface area contributed by atoms with Gasteiger partial charge in [-0.3, -0.25) is 4.79 Å². The van der Waals surface area contributed by atoms with Crippen LogP contribution in [-0.4, -0.2) is 38.4 Å². The number of ether oxygens (including phenoxy) is 1. The van der Waals surface area contributed by atoms with Gasteiger partial charge in [0.1, 0.15) is 0 Å². The molecule has 1 fully saturated rings. The molecule has 1 aliphatic heterocycles. The van der Waals surface area contributed by atoms with Crippen LogP contribution >= 0.6 is 0 Å². The highest BCUT2D eigenvalue weighted by molar-refractivity contribution is 5.77. The Kier molecular flexibility index (Phi) is 3.33. The minimum atomic E-state index is -0.768. The van der Waals surface area contributed by atoms with E-state index in [4.69, 9.17) is 4.74 Å². The Morgan fingerprint density at radius 2 is 1.94 bits per heavy atom. The second-order valence-corrected chi connectivity index (χ2v) is 4.60. The molecule has 0 bridgehead atoms. The molecule has 17 heavy (non-hydrogen) atoms. The third kappa shape index (κ3) is 2.42. The van der Waals surface area contributed by atoms with E-state index in [0.717, 1.165) is 11.3 Å². The predicted molar refractivity (Wildman–Crippen MR) is 65.5 cm³/mol. The fraction of sp³-hybridized carbons (Fsp3) is 0.462. The maximum atomic E-state index is 11.3. The molecule has 1 aromatic rings. The number of carbonyl (C=O) groups is 1. The molecule has 1 atom stereocenters. The second-order valence-electron chi connectivity index (χ2n) is 4.60. The SMILES string of the molecule is CN(C)c1ccc(C(C(=O)O)C2COC2)cc1. The van der Waals surface area contributed by atoms with Crippen molar-refractivity contribution in [3.8, 4) is 0 Å². The zero-order chi connectivity index (χ0) is 12.4. The van der Waals surface area contributed by atoms with Crippen LogP contribution in [0.2, 0.25) is 0 Å². The van der Waals surface area contributed by atoms with Crippen molar-refractivity contribution in [2.75, 3.05) is 32.2 Å². The van der Waals surface area contributed by atoms with Gasteiger partial charge in [0, 0.05) is 25.7 Å². The van der Waals surface area contributed by atoms with Crippen LogP contribution in [0.3, 0.4) is 0 Å². The van der Waals surface area contributed by atoms with Crippen molar-refractivity contribution in [1.82, 2.24) is 0 Å². The van der Waals surface area contributed by atoms with Crippen LogP contribution in [0.4, 0.5) is 5.69 Å². The molecule has 4 nitrogen and oxygen atoms in total. The lowest BCUT2D eigenvalue weighted by Gasteiger charge is -2.31. The van der Waals surface area contributed by atoms with Gasteiger partial charge >= 0.3 is 5.97 Å². The van der Waals surface area contributed by atoms with E-state index in [2.05, 4.69) is 0 Å². The molecule has 1 heterocycles. The maximum Gasteiger partial charge on any atom is 0.311 e. The number of hydrogen-bond acceptors (Lipinski definition) is 3. The van der Waals surface area contributed by atoms with Crippen molar-refractivity contribution < 1.29 is 14.6 Å². The van der Waals surface area contributed by atoms with Crippen molar-refractivity contribution in [3.63, 3.8) is 0 Å². The second kappa shape index (κ2) is 4.75. The Bertz CT molecular complexity index is 396. The summed E-state index contributed by atoms with van der Waals surface area (Å²) in [6.45, 7) is 1.10. The molecule has 0 amide bonds. The lowest BCUT2D eigenvalue weighted by molar-refractivity contribution is -0.146. The number of benzene rings is 1. The van der Waals surface area contributed by atoms with Crippen LogP contribution in [0.5, 0.6) is 0 Å².